The van der Waals surface area contributed by atoms with E-state index in [1.54, 1.807) is 36.4 Å². The van der Waals surface area contributed by atoms with E-state index in [4.69, 9.17) is 4.74 Å². The molecule has 0 aliphatic carbocycles. The lowest BCUT2D eigenvalue weighted by Gasteiger charge is -2.30. The number of amides is 3. The van der Waals surface area contributed by atoms with E-state index in [2.05, 4.69) is 5.32 Å². The number of rotatable bonds is 11. The Morgan fingerprint density at radius 3 is 2.21 bits per heavy atom. The molecule has 10 heteroatoms. The van der Waals surface area contributed by atoms with E-state index in [0.717, 1.165) is 16.0 Å². The van der Waals surface area contributed by atoms with Gasteiger partial charge in [-0.2, -0.15) is 8.78 Å². The van der Waals surface area contributed by atoms with Crippen LogP contribution in [0.25, 0.3) is 0 Å². The minimum atomic E-state index is -4.34. The average molecular weight is 544 g/mol. The fraction of sp³-hybridized carbons (Fsp3) is 0.448. The standard InChI is InChI=1S/C29H35F2N3O5/c1-20(2)24(25(35)29(30,31)27(37)33(3)18-16-21-11-6-4-7-12-21)32-26(36)23-15-10-17-34(23)28(38)39-19-22-13-8-5-9-14-22/h4-9,11-14,20,23-24H,10,15-19H2,1-3H3,(H,32,36). The molecule has 2 atom stereocenters. The first-order valence-corrected chi connectivity index (χ1v) is 13.0. The van der Waals surface area contributed by atoms with Gasteiger partial charge in [-0.1, -0.05) is 74.5 Å². The summed E-state index contributed by atoms with van der Waals surface area (Å²) in [4.78, 5) is 53.3. The lowest BCUT2D eigenvalue weighted by molar-refractivity contribution is -0.167. The number of likely N-dealkylation sites (N-methyl/N-ethyl adjacent to an activating group) is 1. The Morgan fingerprint density at radius 1 is 1.03 bits per heavy atom. The normalized spacial score (nSPS) is 16.1. The number of hydrogen-bond donors (Lipinski definition) is 1. The number of halogens is 2. The van der Waals surface area contributed by atoms with Crippen molar-refractivity contribution < 1.29 is 32.7 Å². The minimum Gasteiger partial charge on any atom is -0.445 e. The van der Waals surface area contributed by atoms with Crippen LogP contribution >= 0.6 is 0 Å². The van der Waals surface area contributed by atoms with Crippen LogP contribution in [-0.2, 0) is 32.1 Å². The van der Waals surface area contributed by atoms with Crippen LogP contribution in [0, 0.1) is 5.92 Å². The fourth-order valence-electron chi connectivity index (χ4n) is 4.43. The highest BCUT2D eigenvalue weighted by Gasteiger charge is 2.52. The van der Waals surface area contributed by atoms with E-state index < -0.39 is 47.6 Å². The van der Waals surface area contributed by atoms with Crippen molar-refractivity contribution in [3.63, 3.8) is 0 Å². The Morgan fingerprint density at radius 2 is 1.62 bits per heavy atom. The number of carbonyl (C=O) groups excluding carboxylic acids is 4. The molecule has 8 nitrogen and oxygen atoms in total. The Bertz CT molecular complexity index is 1140. The molecule has 2 aromatic carbocycles. The molecular weight excluding hydrogens is 508 g/mol. The molecule has 1 fully saturated rings. The molecule has 0 saturated carbocycles. The zero-order valence-corrected chi connectivity index (χ0v) is 22.4. The van der Waals surface area contributed by atoms with Crippen LogP contribution in [0.15, 0.2) is 60.7 Å². The van der Waals surface area contributed by atoms with Gasteiger partial charge in [0, 0.05) is 20.1 Å². The maximum Gasteiger partial charge on any atom is 0.410 e. The van der Waals surface area contributed by atoms with E-state index in [1.807, 2.05) is 24.3 Å². The molecule has 0 aromatic heterocycles. The zero-order valence-electron chi connectivity index (χ0n) is 22.4. The third-order valence-corrected chi connectivity index (χ3v) is 6.75. The molecule has 3 rings (SSSR count). The maximum atomic E-state index is 15.1. The molecule has 2 unspecified atom stereocenters. The number of nitrogens with zero attached hydrogens (tertiary/aromatic N) is 2. The number of Topliss-reactive ketones (excluding diaryl/α,β-unsaturated/α-hetero) is 1. The van der Waals surface area contributed by atoms with Crippen LogP contribution < -0.4 is 5.32 Å². The zero-order chi connectivity index (χ0) is 28.6. The Labute approximate surface area is 227 Å². The number of ether oxygens (including phenoxy) is 1. The molecular formula is C29H35F2N3O5. The molecule has 3 amide bonds. The quantitative estimate of drug-likeness (QED) is 0.435. The monoisotopic (exact) mass is 543 g/mol. The summed E-state index contributed by atoms with van der Waals surface area (Å²) < 4.78 is 35.6. The van der Waals surface area contributed by atoms with Crippen LogP contribution in [0.4, 0.5) is 13.6 Å². The first-order chi connectivity index (χ1) is 18.5. The van der Waals surface area contributed by atoms with Crippen molar-refractivity contribution in [3.05, 3.63) is 71.8 Å². The van der Waals surface area contributed by atoms with Gasteiger partial charge in [-0.15, -0.1) is 0 Å². The van der Waals surface area contributed by atoms with Gasteiger partial charge in [0.05, 0.1) is 6.04 Å². The average Bonchev–Trinajstić information content (AvgIpc) is 3.44. The third kappa shape index (κ3) is 7.61. The number of likely N-dealkylation sites (tertiary alicyclic amines) is 1. The fourth-order valence-corrected chi connectivity index (χ4v) is 4.43. The highest BCUT2D eigenvalue weighted by Crippen LogP contribution is 2.25. The van der Waals surface area contributed by atoms with Gasteiger partial charge in [0.2, 0.25) is 11.7 Å². The van der Waals surface area contributed by atoms with Crippen molar-refractivity contribution >= 4 is 23.7 Å². The summed E-state index contributed by atoms with van der Waals surface area (Å²) in [6, 6.07) is 15.5. The highest BCUT2D eigenvalue weighted by atomic mass is 19.3. The molecule has 1 heterocycles. The Hall–Kier alpha value is -3.82. The molecule has 2 aromatic rings. The van der Waals surface area contributed by atoms with Gasteiger partial charge in [0.15, 0.2) is 0 Å². The smallest absolute Gasteiger partial charge is 0.410 e. The number of nitrogens with one attached hydrogen (secondary N) is 1. The number of benzene rings is 2. The second-order valence-electron chi connectivity index (χ2n) is 10.0. The van der Waals surface area contributed by atoms with Crippen molar-refractivity contribution in [2.45, 2.75) is 57.7 Å². The number of ketones is 1. The Balaban J connectivity index is 1.62. The number of carbonyl (C=O) groups is 4. The molecule has 0 spiro atoms. The van der Waals surface area contributed by atoms with Gasteiger partial charge in [-0.05, 0) is 36.3 Å². The topological polar surface area (TPSA) is 96.0 Å². The molecule has 1 aliphatic rings. The van der Waals surface area contributed by atoms with Gasteiger partial charge in [0.25, 0.3) is 0 Å². The lowest BCUT2D eigenvalue weighted by atomic mass is 9.94. The predicted octanol–water partition coefficient (Wildman–Crippen LogP) is 3.83. The minimum absolute atomic E-state index is 0.00739. The number of hydrogen-bond acceptors (Lipinski definition) is 5. The Kier molecular flexibility index (Phi) is 10.1. The molecule has 210 valence electrons. The SMILES string of the molecule is CC(C)C(NC(=O)C1CCCN1C(=O)OCc1ccccc1)C(=O)C(F)(F)C(=O)N(C)CCc1ccccc1. The summed E-state index contributed by atoms with van der Waals surface area (Å²) in [5.41, 5.74) is 1.64. The summed E-state index contributed by atoms with van der Waals surface area (Å²) in [5.74, 6) is -9.11. The molecule has 0 bridgehead atoms. The van der Waals surface area contributed by atoms with E-state index in [-0.39, 0.29) is 19.7 Å². The van der Waals surface area contributed by atoms with Crippen LogP contribution in [0.2, 0.25) is 0 Å². The van der Waals surface area contributed by atoms with Gasteiger partial charge >= 0.3 is 17.9 Å². The van der Waals surface area contributed by atoms with Crippen molar-refractivity contribution in [1.82, 2.24) is 15.1 Å². The van der Waals surface area contributed by atoms with E-state index in [0.29, 0.717) is 19.3 Å². The summed E-state index contributed by atoms with van der Waals surface area (Å²) in [7, 11) is 1.22. The summed E-state index contributed by atoms with van der Waals surface area (Å²) in [5, 5.41) is 2.39. The second kappa shape index (κ2) is 13.3. The van der Waals surface area contributed by atoms with Crippen LogP contribution in [0.5, 0.6) is 0 Å². The van der Waals surface area contributed by atoms with Crippen LogP contribution in [-0.4, -0.2) is 71.6 Å². The van der Waals surface area contributed by atoms with Gasteiger partial charge in [0.1, 0.15) is 12.6 Å². The predicted molar refractivity (Wildman–Crippen MR) is 141 cm³/mol. The van der Waals surface area contributed by atoms with E-state index in [9.17, 15) is 19.2 Å². The molecule has 1 saturated heterocycles. The number of alkyl halides is 2. The third-order valence-electron chi connectivity index (χ3n) is 6.75. The molecule has 1 aliphatic heterocycles. The van der Waals surface area contributed by atoms with E-state index in [1.165, 1.54) is 25.8 Å². The molecule has 39 heavy (non-hydrogen) atoms. The summed E-state index contributed by atoms with van der Waals surface area (Å²) in [6.45, 7) is 3.27. The van der Waals surface area contributed by atoms with Crippen molar-refractivity contribution in [3.8, 4) is 0 Å². The summed E-state index contributed by atoms with van der Waals surface area (Å²) >= 11 is 0. The van der Waals surface area contributed by atoms with Crippen LogP contribution in [0.1, 0.15) is 37.8 Å². The van der Waals surface area contributed by atoms with Crippen molar-refractivity contribution in [2.24, 2.45) is 5.92 Å². The van der Waals surface area contributed by atoms with Gasteiger partial charge in [-0.25, -0.2) is 4.79 Å². The van der Waals surface area contributed by atoms with E-state index >= 15 is 8.78 Å². The van der Waals surface area contributed by atoms with Crippen molar-refractivity contribution in [2.75, 3.05) is 20.1 Å². The first-order valence-electron chi connectivity index (χ1n) is 13.0. The van der Waals surface area contributed by atoms with Crippen LogP contribution in [0.3, 0.4) is 0 Å². The lowest BCUT2D eigenvalue weighted by Crippen LogP contribution is -2.59. The second-order valence-corrected chi connectivity index (χ2v) is 10.0. The van der Waals surface area contributed by atoms with Crippen molar-refractivity contribution in [1.29, 1.82) is 0 Å². The maximum absolute atomic E-state index is 15.1. The first kappa shape index (κ1) is 29.7. The molecule has 1 N–H and O–H groups in total. The van der Waals surface area contributed by atoms with Gasteiger partial charge in [-0.3, -0.25) is 19.3 Å². The summed E-state index contributed by atoms with van der Waals surface area (Å²) in [6.07, 6.45) is 0.447. The molecule has 0 radical (unpaired) electrons. The highest BCUT2D eigenvalue weighted by molar-refractivity contribution is 6.10. The van der Waals surface area contributed by atoms with Gasteiger partial charge < -0.3 is 15.0 Å². The largest absolute Gasteiger partial charge is 0.445 e.